The van der Waals surface area contributed by atoms with E-state index < -0.39 is 4.92 Å². The molecule has 0 radical (unpaired) electrons. The van der Waals surface area contributed by atoms with E-state index in [1.54, 1.807) is 12.3 Å². The molecule has 1 aromatic heterocycles. The monoisotopic (exact) mass is 289 g/mol. The van der Waals surface area contributed by atoms with Gasteiger partial charge in [-0.1, -0.05) is 12.1 Å². The van der Waals surface area contributed by atoms with Gasteiger partial charge < -0.3 is 5.32 Å². The summed E-state index contributed by atoms with van der Waals surface area (Å²) in [5.74, 6) is -0.385. The van der Waals surface area contributed by atoms with Gasteiger partial charge in [-0.3, -0.25) is 15.1 Å². The molecule has 1 aromatic carbocycles. The fourth-order valence-corrected chi connectivity index (χ4v) is 2.14. The fourth-order valence-electron chi connectivity index (χ4n) is 2.14. The highest BCUT2D eigenvalue weighted by Gasteiger charge is 2.14. The first kappa shape index (κ1) is 15.1. The van der Waals surface area contributed by atoms with Gasteiger partial charge in [-0.2, -0.15) is 0 Å². The first-order valence-corrected chi connectivity index (χ1v) is 6.58. The minimum Gasteiger partial charge on any atom is -0.304 e. The van der Waals surface area contributed by atoms with Crippen molar-refractivity contribution in [3.8, 4) is 0 Å². The average Bonchev–Trinajstić information content (AvgIpc) is 2.47. The van der Waals surface area contributed by atoms with Gasteiger partial charge in [0.25, 0.3) is 5.69 Å². The predicted molar refractivity (Wildman–Crippen MR) is 77.3 cm³/mol. The van der Waals surface area contributed by atoms with E-state index in [0.717, 1.165) is 17.3 Å². The van der Waals surface area contributed by atoms with Crippen molar-refractivity contribution in [3.63, 3.8) is 0 Å². The number of benzene rings is 1. The van der Waals surface area contributed by atoms with Crippen LogP contribution < -0.4 is 5.32 Å². The van der Waals surface area contributed by atoms with Crippen LogP contribution in [0.3, 0.4) is 0 Å². The standard InChI is InChI=1S/C15H16FN3O2/c1-10(12-4-3-5-15(7-12)19(20)21)18-11(2)13-6-14(16)9-17-8-13/h3-11,18H,1-2H3. The van der Waals surface area contributed by atoms with Crippen LogP contribution >= 0.6 is 0 Å². The first-order valence-electron chi connectivity index (χ1n) is 6.58. The van der Waals surface area contributed by atoms with Crippen LogP contribution in [0.15, 0.2) is 42.7 Å². The number of aromatic nitrogens is 1. The second-order valence-electron chi connectivity index (χ2n) is 4.90. The molecule has 2 rings (SSSR count). The van der Waals surface area contributed by atoms with Gasteiger partial charge in [-0.15, -0.1) is 0 Å². The van der Waals surface area contributed by atoms with E-state index in [4.69, 9.17) is 0 Å². The zero-order valence-corrected chi connectivity index (χ0v) is 11.8. The number of nitro groups is 1. The molecule has 21 heavy (non-hydrogen) atoms. The van der Waals surface area contributed by atoms with Crippen molar-refractivity contribution in [2.24, 2.45) is 0 Å². The summed E-state index contributed by atoms with van der Waals surface area (Å²) in [6.07, 6.45) is 2.75. The largest absolute Gasteiger partial charge is 0.304 e. The van der Waals surface area contributed by atoms with Gasteiger partial charge in [0.05, 0.1) is 11.1 Å². The normalized spacial score (nSPS) is 13.7. The molecule has 5 nitrogen and oxygen atoms in total. The van der Waals surface area contributed by atoms with Crippen molar-refractivity contribution in [2.75, 3.05) is 0 Å². The molecule has 6 heteroatoms. The van der Waals surface area contributed by atoms with Crippen LogP contribution in [0.4, 0.5) is 10.1 Å². The molecular weight excluding hydrogens is 273 g/mol. The number of nitrogens with one attached hydrogen (secondary N) is 1. The Balaban J connectivity index is 2.12. The Morgan fingerprint density at radius 3 is 2.57 bits per heavy atom. The lowest BCUT2D eigenvalue weighted by Crippen LogP contribution is -2.22. The molecule has 0 saturated carbocycles. The van der Waals surface area contributed by atoms with Crippen molar-refractivity contribution in [1.29, 1.82) is 0 Å². The van der Waals surface area contributed by atoms with E-state index in [1.807, 2.05) is 19.9 Å². The molecule has 0 aliphatic rings. The summed E-state index contributed by atoms with van der Waals surface area (Å²) in [5.41, 5.74) is 1.59. The lowest BCUT2D eigenvalue weighted by atomic mass is 10.0. The lowest BCUT2D eigenvalue weighted by molar-refractivity contribution is -0.384. The van der Waals surface area contributed by atoms with Crippen LogP contribution in [0.25, 0.3) is 0 Å². The summed E-state index contributed by atoms with van der Waals surface area (Å²) in [7, 11) is 0. The fraction of sp³-hybridized carbons (Fsp3) is 0.267. The van der Waals surface area contributed by atoms with E-state index in [1.165, 1.54) is 18.2 Å². The Labute approximate surface area is 122 Å². The molecule has 0 saturated heterocycles. The second-order valence-corrected chi connectivity index (χ2v) is 4.90. The molecule has 1 N–H and O–H groups in total. The number of nitrogens with zero attached hydrogens (tertiary/aromatic N) is 2. The summed E-state index contributed by atoms with van der Waals surface area (Å²) in [6.45, 7) is 3.80. The zero-order valence-electron chi connectivity index (χ0n) is 11.8. The molecule has 2 atom stereocenters. The lowest BCUT2D eigenvalue weighted by Gasteiger charge is -2.20. The molecule has 0 fully saturated rings. The Morgan fingerprint density at radius 2 is 1.90 bits per heavy atom. The summed E-state index contributed by atoms with van der Waals surface area (Å²) < 4.78 is 13.2. The van der Waals surface area contributed by atoms with Gasteiger partial charge in [-0.05, 0) is 31.0 Å². The maximum atomic E-state index is 13.2. The minimum absolute atomic E-state index is 0.0567. The number of non-ortho nitro benzene ring substituents is 1. The van der Waals surface area contributed by atoms with E-state index in [2.05, 4.69) is 10.3 Å². The smallest absolute Gasteiger partial charge is 0.269 e. The van der Waals surface area contributed by atoms with Gasteiger partial charge in [-0.25, -0.2) is 4.39 Å². The van der Waals surface area contributed by atoms with E-state index in [9.17, 15) is 14.5 Å². The molecular formula is C15H16FN3O2. The molecule has 2 aromatic rings. The highest BCUT2D eigenvalue weighted by atomic mass is 19.1. The third-order valence-corrected chi connectivity index (χ3v) is 3.31. The van der Waals surface area contributed by atoms with Gasteiger partial charge >= 0.3 is 0 Å². The van der Waals surface area contributed by atoms with Crippen LogP contribution in [0.2, 0.25) is 0 Å². The first-order chi connectivity index (χ1) is 9.97. The summed E-state index contributed by atoms with van der Waals surface area (Å²) >= 11 is 0. The maximum absolute atomic E-state index is 13.2. The maximum Gasteiger partial charge on any atom is 0.269 e. The van der Waals surface area contributed by atoms with Gasteiger partial charge in [0.15, 0.2) is 0 Å². The Kier molecular flexibility index (Phi) is 4.59. The zero-order chi connectivity index (χ0) is 15.4. The van der Waals surface area contributed by atoms with Gasteiger partial charge in [0.1, 0.15) is 5.82 Å². The Hall–Kier alpha value is -2.34. The number of pyridine rings is 1. The van der Waals surface area contributed by atoms with Crippen molar-refractivity contribution in [2.45, 2.75) is 25.9 Å². The van der Waals surface area contributed by atoms with E-state index in [0.29, 0.717) is 0 Å². The van der Waals surface area contributed by atoms with Crippen molar-refractivity contribution < 1.29 is 9.31 Å². The molecule has 0 amide bonds. The molecule has 110 valence electrons. The third-order valence-electron chi connectivity index (χ3n) is 3.31. The van der Waals surface area contributed by atoms with E-state index >= 15 is 0 Å². The molecule has 0 spiro atoms. The molecule has 0 aliphatic heterocycles. The van der Waals surface area contributed by atoms with Gasteiger partial charge in [0.2, 0.25) is 0 Å². The van der Waals surface area contributed by atoms with Crippen molar-refractivity contribution in [1.82, 2.24) is 10.3 Å². The quantitative estimate of drug-likeness (QED) is 0.675. The highest BCUT2D eigenvalue weighted by molar-refractivity contribution is 5.35. The molecule has 1 heterocycles. The SMILES string of the molecule is CC(NC(C)c1cccc([N+](=O)[O-])c1)c1cncc(F)c1. The summed E-state index contributed by atoms with van der Waals surface area (Å²) in [5, 5.41) is 14.1. The third kappa shape index (κ3) is 3.82. The Morgan fingerprint density at radius 1 is 1.19 bits per heavy atom. The molecule has 2 unspecified atom stereocenters. The van der Waals surface area contributed by atoms with Crippen LogP contribution in [0, 0.1) is 15.9 Å². The molecule has 0 bridgehead atoms. The molecule has 0 aliphatic carbocycles. The van der Waals surface area contributed by atoms with Crippen LogP contribution in [0.1, 0.15) is 37.1 Å². The number of hydrogen-bond acceptors (Lipinski definition) is 4. The minimum atomic E-state index is -0.420. The van der Waals surface area contributed by atoms with Crippen molar-refractivity contribution >= 4 is 5.69 Å². The summed E-state index contributed by atoms with van der Waals surface area (Å²) in [4.78, 5) is 14.2. The van der Waals surface area contributed by atoms with Crippen molar-refractivity contribution in [3.05, 3.63) is 69.8 Å². The number of halogens is 1. The van der Waals surface area contributed by atoms with Crippen LogP contribution in [-0.2, 0) is 0 Å². The predicted octanol–water partition coefficient (Wildman–Crippen LogP) is 3.54. The van der Waals surface area contributed by atoms with Crippen LogP contribution in [-0.4, -0.2) is 9.91 Å². The second kappa shape index (κ2) is 6.41. The van der Waals surface area contributed by atoms with Gasteiger partial charge in [0, 0.05) is 30.4 Å². The van der Waals surface area contributed by atoms with E-state index in [-0.39, 0.29) is 23.6 Å². The Bertz CT molecular complexity index is 648. The highest BCUT2D eigenvalue weighted by Crippen LogP contribution is 2.22. The average molecular weight is 289 g/mol. The number of rotatable bonds is 5. The topological polar surface area (TPSA) is 68.1 Å². The number of nitro benzene ring substituents is 1. The summed E-state index contributed by atoms with van der Waals surface area (Å²) in [6, 6.07) is 7.65. The van der Waals surface area contributed by atoms with Crippen LogP contribution in [0.5, 0.6) is 0 Å². The number of hydrogen-bond donors (Lipinski definition) is 1.